The minimum atomic E-state index is -0.570. The first-order valence-corrected chi connectivity index (χ1v) is 6.56. The van der Waals surface area contributed by atoms with E-state index in [0.717, 1.165) is 0 Å². The highest BCUT2D eigenvalue weighted by molar-refractivity contribution is 6.64. The highest BCUT2D eigenvalue weighted by atomic mass is 19.1. The molecule has 6 heteroatoms. The zero-order chi connectivity index (χ0) is 14.5. The molecule has 4 nitrogen and oxygen atoms in total. The molecule has 0 bridgehead atoms. The Morgan fingerprint density at radius 1 is 0.950 bits per heavy atom. The number of hydrogen-bond donors (Lipinski definition) is 0. The molecule has 2 aromatic rings. The van der Waals surface area contributed by atoms with Crippen molar-refractivity contribution < 1.29 is 13.7 Å². The molecular formula is C14H16BFN2O2. The molecule has 3 rings (SSSR count). The molecule has 0 N–H and O–H groups in total. The first-order valence-electron chi connectivity index (χ1n) is 6.56. The largest absolute Gasteiger partial charge is 0.497 e. The van der Waals surface area contributed by atoms with E-state index in [2.05, 4.69) is 9.97 Å². The topological polar surface area (TPSA) is 44.2 Å². The third-order valence-electron chi connectivity index (χ3n) is 4.11. The van der Waals surface area contributed by atoms with Crippen molar-refractivity contribution in [2.45, 2.75) is 38.9 Å². The quantitative estimate of drug-likeness (QED) is 0.747. The molecule has 1 aromatic heterocycles. The van der Waals surface area contributed by atoms with Gasteiger partial charge in [0.15, 0.2) is 5.82 Å². The molecule has 0 saturated carbocycles. The Kier molecular flexibility index (Phi) is 2.85. The second-order valence-electron chi connectivity index (χ2n) is 5.98. The van der Waals surface area contributed by atoms with Crippen LogP contribution in [0.5, 0.6) is 0 Å². The average molecular weight is 274 g/mol. The minimum absolute atomic E-state index is 0.236. The summed E-state index contributed by atoms with van der Waals surface area (Å²) in [5, 5.41) is 0. The molecule has 1 aliphatic rings. The Bertz CT molecular complexity index is 659. The molecule has 0 amide bonds. The average Bonchev–Trinajstić information content (AvgIpc) is 2.59. The first-order chi connectivity index (χ1) is 9.32. The molecule has 0 radical (unpaired) electrons. The van der Waals surface area contributed by atoms with Gasteiger partial charge in [-0.05, 0) is 33.8 Å². The maximum atomic E-state index is 13.8. The SMILES string of the molecule is CC1(C)OB(c2ccc(F)c3nccnc23)OC1(C)C. The molecule has 1 fully saturated rings. The zero-order valence-electron chi connectivity index (χ0n) is 12.0. The van der Waals surface area contributed by atoms with Crippen LogP contribution in [0.1, 0.15) is 27.7 Å². The Morgan fingerprint density at radius 2 is 1.50 bits per heavy atom. The summed E-state index contributed by atoms with van der Waals surface area (Å²) in [6, 6.07) is 3.02. The van der Waals surface area contributed by atoms with E-state index in [-0.39, 0.29) is 5.52 Å². The lowest BCUT2D eigenvalue weighted by molar-refractivity contribution is 0.00578. The molecular weight excluding hydrogens is 258 g/mol. The lowest BCUT2D eigenvalue weighted by Crippen LogP contribution is -2.41. The standard InChI is InChI=1S/C14H16BFN2O2/c1-13(2)14(3,4)20-15(19-13)9-5-6-10(16)12-11(9)17-7-8-18-12/h5-8H,1-4H3. The summed E-state index contributed by atoms with van der Waals surface area (Å²) in [6.07, 6.45) is 3.01. The second-order valence-corrected chi connectivity index (χ2v) is 5.98. The highest BCUT2D eigenvalue weighted by Crippen LogP contribution is 2.36. The molecule has 0 atom stereocenters. The number of halogens is 1. The molecule has 0 aliphatic carbocycles. The number of rotatable bonds is 1. The van der Waals surface area contributed by atoms with Crippen LogP contribution in [0.25, 0.3) is 11.0 Å². The van der Waals surface area contributed by atoms with Crippen LogP contribution in [0.2, 0.25) is 0 Å². The van der Waals surface area contributed by atoms with Crippen molar-refractivity contribution in [1.82, 2.24) is 9.97 Å². The van der Waals surface area contributed by atoms with Gasteiger partial charge in [-0.1, -0.05) is 6.07 Å². The van der Waals surface area contributed by atoms with Gasteiger partial charge in [-0.3, -0.25) is 4.98 Å². The third-order valence-corrected chi connectivity index (χ3v) is 4.11. The molecule has 0 spiro atoms. The van der Waals surface area contributed by atoms with Crippen molar-refractivity contribution in [3.63, 3.8) is 0 Å². The molecule has 20 heavy (non-hydrogen) atoms. The van der Waals surface area contributed by atoms with E-state index in [0.29, 0.717) is 11.0 Å². The summed E-state index contributed by atoms with van der Waals surface area (Å²) < 4.78 is 25.7. The van der Waals surface area contributed by atoms with Gasteiger partial charge in [-0.25, -0.2) is 9.37 Å². The number of hydrogen-bond acceptors (Lipinski definition) is 4. The van der Waals surface area contributed by atoms with Crippen LogP contribution in [0.3, 0.4) is 0 Å². The van der Waals surface area contributed by atoms with Crippen LogP contribution in [-0.4, -0.2) is 28.3 Å². The van der Waals surface area contributed by atoms with E-state index in [9.17, 15) is 4.39 Å². The molecule has 0 unspecified atom stereocenters. The number of fused-ring (bicyclic) bond motifs is 1. The summed E-state index contributed by atoms with van der Waals surface area (Å²) in [5.41, 5.74) is 0.528. The fourth-order valence-corrected chi connectivity index (χ4v) is 2.21. The summed E-state index contributed by atoms with van der Waals surface area (Å²) in [7, 11) is -0.570. The lowest BCUT2D eigenvalue weighted by atomic mass is 9.78. The fourth-order valence-electron chi connectivity index (χ4n) is 2.21. The van der Waals surface area contributed by atoms with Gasteiger partial charge >= 0.3 is 7.12 Å². The predicted octanol–water partition coefficient (Wildman–Crippen LogP) is 2.07. The summed E-state index contributed by atoms with van der Waals surface area (Å²) in [4.78, 5) is 8.26. The Balaban J connectivity index is 2.11. The maximum Gasteiger partial charge on any atom is 0.497 e. The predicted molar refractivity (Wildman–Crippen MR) is 75.2 cm³/mol. The highest BCUT2D eigenvalue weighted by Gasteiger charge is 2.52. The second kappa shape index (κ2) is 4.23. The van der Waals surface area contributed by atoms with Crippen LogP contribution in [-0.2, 0) is 9.31 Å². The van der Waals surface area contributed by atoms with Gasteiger partial charge in [0, 0.05) is 17.9 Å². The molecule has 1 aromatic carbocycles. The molecule has 1 aliphatic heterocycles. The lowest BCUT2D eigenvalue weighted by Gasteiger charge is -2.32. The normalized spacial score (nSPS) is 20.6. The van der Waals surface area contributed by atoms with Gasteiger partial charge in [-0.15, -0.1) is 0 Å². The van der Waals surface area contributed by atoms with Gasteiger partial charge < -0.3 is 9.31 Å². The van der Waals surface area contributed by atoms with Crippen molar-refractivity contribution in [2.75, 3.05) is 0 Å². The Hall–Kier alpha value is -1.53. The van der Waals surface area contributed by atoms with E-state index < -0.39 is 24.1 Å². The van der Waals surface area contributed by atoms with Crippen molar-refractivity contribution in [1.29, 1.82) is 0 Å². The van der Waals surface area contributed by atoms with Gasteiger partial charge in [0.25, 0.3) is 0 Å². The van der Waals surface area contributed by atoms with Crippen molar-refractivity contribution in [2.24, 2.45) is 0 Å². The first kappa shape index (κ1) is 13.5. The van der Waals surface area contributed by atoms with E-state index in [1.165, 1.54) is 18.5 Å². The van der Waals surface area contributed by atoms with Gasteiger partial charge in [0.2, 0.25) is 0 Å². The monoisotopic (exact) mass is 274 g/mol. The molecule has 104 valence electrons. The maximum absolute atomic E-state index is 13.8. The van der Waals surface area contributed by atoms with Crippen molar-refractivity contribution in [3.05, 3.63) is 30.3 Å². The van der Waals surface area contributed by atoms with Crippen molar-refractivity contribution >= 4 is 23.6 Å². The molecule has 2 heterocycles. The van der Waals surface area contributed by atoms with Crippen molar-refractivity contribution in [3.8, 4) is 0 Å². The number of nitrogens with zero attached hydrogens (tertiary/aromatic N) is 2. The fraction of sp³-hybridized carbons (Fsp3) is 0.429. The smallest absolute Gasteiger partial charge is 0.399 e. The van der Waals surface area contributed by atoms with Gasteiger partial charge in [0.05, 0.1) is 16.7 Å². The van der Waals surface area contributed by atoms with E-state index in [1.807, 2.05) is 27.7 Å². The van der Waals surface area contributed by atoms with E-state index in [1.54, 1.807) is 6.07 Å². The number of aromatic nitrogens is 2. The van der Waals surface area contributed by atoms with Crippen LogP contribution >= 0.6 is 0 Å². The summed E-state index contributed by atoms with van der Waals surface area (Å²) >= 11 is 0. The zero-order valence-corrected chi connectivity index (χ0v) is 12.0. The number of benzene rings is 1. The Labute approximate surface area is 117 Å². The van der Waals surface area contributed by atoms with Gasteiger partial charge in [-0.2, -0.15) is 0 Å². The minimum Gasteiger partial charge on any atom is -0.399 e. The van der Waals surface area contributed by atoms with Gasteiger partial charge in [0.1, 0.15) is 5.52 Å². The van der Waals surface area contributed by atoms with E-state index >= 15 is 0 Å². The van der Waals surface area contributed by atoms with Crippen LogP contribution in [0.4, 0.5) is 4.39 Å². The third kappa shape index (κ3) is 1.91. The molecule has 1 saturated heterocycles. The summed E-state index contributed by atoms with van der Waals surface area (Å²) in [5.74, 6) is -0.395. The summed E-state index contributed by atoms with van der Waals surface area (Å²) in [6.45, 7) is 7.91. The van der Waals surface area contributed by atoms with Crippen LogP contribution in [0.15, 0.2) is 24.5 Å². The van der Waals surface area contributed by atoms with Crippen LogP contribution < -0.4 is 5.46 Å². The Morgan fingerprint density at radius 3 is 2.10 bits per heavy atom. The van der Waals surface area contributed by atoms with E-state index in [4.69, 9.17) is 9.31 Å². The van der Waals surface area contributed by atoms with Crippen LogP contribution in [0, 0.1) is 5.82 Å².